The summed E-state index contributed by atoms with van der Waals surface area (Å²) in [6, 6.07) is 18.1. The van der Waals surface area contributed by atoms with E-state index in [2.05, 4.69) is 113 Å². The van der Waals surface area contributed by atoms with E-state index in [1.165, 1.54) is 27.8 Å². The first-order valence-electron chi connectivity index (χ1n) is 12.9. The minimum absolute atomic E-state index is 0.0401. The maximum atomic E-state index is 6.03. The first-order chi connectivity index (χ1) is 18.0. The Labute approximate surface area is 236 Å². The Morgan fingerprint density at radius 2 is 1.16 bits per heavy atom. The quantitative estimate of drug-likeness (QED) is 0.266. The molecule has 0 spiro atoms. The predicted octanol–water partition coefficient (Wildman–Crippen LogP) is 3.99. The highest BCUT2D eigenvalue weighted by Gasteiger charge is 2.29. The highest BCUT2D eigenvalue weighted by molar-refractivity contribution is 7.30. The van der Waals surface area contributed by atoms with Crippen LogP contribution < -0.4 is 26.0 Å². The second kappa shape index (κ2) is 11.1. The molecule has 2 aliphatic heterocycles. The summed E-state index contributed by atoms with van der Waals surface area (Å²) in [6.07, 6.45) is 0.198. The lowest BCUT2D eigenvalue weighted by atomic mass is 9.74. The van der Waals surface area contributed by atoms with Crippen LogP contribution in [0.4, 0.5) is 0 Å². The van der Waals surface area contributed by atoms with Crippen molar-refractivity contribution in [1.82, 2.24) is 0 Å². The van der Waals surface area contributed by atoms with Crippen LogP contribution in [0.15, 0.2) is 48.5 Å². The van der Waals surface area contributed by atoms with Crippen LogP contribution >= 0.6 is 37.0 Å². The zero-order chi connectivity index (χ0) is 27.2. The summed E-state index contributed by atoms with van der Waals surface area (Å²) in [6.45, 7) is 11.8. The van der Waals surface area contributed by atoms with Gasteiger partial charge in [0.1, 0.15) is 25.1 Å². The molecule has 0 bridgehead atoms. The minimum atomic E-state index is -0.162. The van der Waals surface area contributed by atoms with E-state index in [9.17, 15) is 0 Å². The second-order valence-electron chi connectivity index (χ2n) is 11.3. The van der Waals surface area contributed by atoms with Crippen LogP contribution in [-0.4, -0.2) is 32.2 Å². The van der Waals surface area contributed by atoms with Gasteiger partial charge in [0, 0.05) is 21.4 Å². The van der Waals surface area contributed by atoms with Gasteiger partial charge in [-0.1, -0.05) is 64.1 Å². The van der Waals surface area contributed by atoms with Crippen LogP contribution in [0.3, 0.4) is 0 Å². The average Bonchev–Trinajstić information content (AvgIpc) is 3.78. The number of epoxide rings is 2. The van der Waals surface area contributed by atoms with Crippen molar-refractivity contribution in [2.24, 2.45) is 0 Å². The van der Waals surface area contributed by atoms with Gasteiger partial charge in [-0.3, -0.25) is 0 Å². The highest BCUT2D eigenvalue weighted by atomic mass is 31.0. The zero-order valence-corrected chi connectivity index (χ0v) is 27.2. The Morgan fingerprint density at radius 3 is 1.58 bits per heavy atom. The van der Waals surface area contributed by atoms with Crippen LogP contribution in [-0.2, 0) is 31.6 Å². The molecule has 8 heteroatoms. The van der Waals surface area contributed by atoms with Gasteiger partial charge < -0.3 is 18.9 Å². The van der Waals surface area contributed by atoms with Gasteiger partial charge in [0.15, 0.2) is 6.29 Å². The van der Waals surface area contributed by atoms with Gasteiger partial charge >= 0.3 is 0 Å². The zero-order valence-electron chi connectivity index (χ0n) is 22.5. The first kappa shape index (κ1) is 28.6. The monoisotopic (exact) mass is 586 g/mol. The molecule has 5 rings (SSSR count). The fourth-order valence-corrected chi connectivity index (χ4v) is 6.79. The number of rotatable bonds is 10. The molecule has 3 aromatic rings. The van der Waals surface area contributed by atoms with Crippen LogP contribution in [0.2, 0.25) is 0 Å². The summed E-state index contributed by atoms with van der Waals surface area (Å²) in [7, 11) is 11.5. The molecule has 0 aliphatic carbocycles. The smallest absolute Gasteiger partial charge is 0.181 e. The van der Waals surface area contributed by atoms with Crippen LogP contribution in [0.25, 0.3) is 0 Å². The van der Waals surface area contributed by atoms with Crippen molar-refractivity contribution in [3.8, 4) is 5.75 Å². The van der Waals surface area contributed by atoms with Crippen molar-refractivity contribution in [1.29, 1.82) is 0 Å². The third-order valence-electron chi connectivity index (χ3n) is 7.77. The van der Waals surface area contributed by atoms with E-state index in [0.717, 1.165) is 33.6 Å². The summed E-state index contributed by atoms with van der Waals surface area (Å²) < 4.78 is 22.3. The molecule has 2 fully saturated rings. The molecule has 38 heavy (non-hydrogen) atoms. The fraction of sp³-hybridized carbons (Fsp3) is 0.400. The van der Waals surface area contributed by atoms with E-state index in [1.807, 2.05) is 0 Å². The fourth-order valence-electron chi connectivity index (χ4n) is 4.74. The van der Waals surface area contributed by atoms with Crippen molar-refractivity contribution < 1.29 is 18.9 Å². The van der Waals surface area contributed by atoms with E-state index in [1.54, 1.807) is 0 Å². The van der Waals surface area contributed by atoms with E-state index in [0.29, 0.717) is 19.8 Å². The number of ether oxygens (including phenoxy) is 4. The third kappa shape index (κ3) is 6.19. The molecular formula is C30H38O4P4. The maximum absolute atomic E-state index is 6.03. The Bertz CT molecular complexity index is 1180. The van der Waals surface area contributed by atoms with Gasteiger partial charge in [-0.25, -0.2) is 0 Å². The molecule has 6 unspecified atom stereocenters. The van der Waals surface area contributed by atoms with Gasteiger partial charge in [0.2, 0.25) is 0 Å². The van der Waals surface area contributed by atoms with E-state index in [4.69, 9.17) is 18.9 Å². The molecule has 6 atom stereocenters. The van der Waals surface area contributed by atoms with Crippen molar-refractivity contribution in [2.75, 3.05) is 19.8 Å². The molecule has 4 nitrogen and oxygen atoms in total. The van der Waals surface area contributed by atoms with E-state index < -0.39 is 0 Å². The summed E-state index contributed by atoms with van der Waals surface area (Å²) >= 11 is 0. The van der Waals surface area contributed by atoms with Crippen LogP contribution in [0, 0.1) is 0 Å². The standard InChI is InChI=1S/C30H38O4P4/c1-29(2,19-9-23(35)22(24(36)10-19)15-32-27-16-33-27)17-5-7-18(8-6-17)30(3,4)20-11-25(37)28(26(38)12-20)34-14-21-13-31-21/h5-12,21,27H,13-16,35-38H2,1-4H3. The summed E-state index contributed by atoms with van der Waals surface area (Å²) in [5.74, 6) is 0.910. The molecule has 202 valence electrons. The van der Waals surface area contributed by atoms with Crippen molar-refractivity contribution in [3.05, 3.63) is 76.3 Å². The van der Waals surface area contributed by atoms with Crippen molar-refractivity contribution in [2.45, 2.75) is 57.5 Å². The summed E-state index contributed by atoms with van der Waals surface area (Å²) in [5, 5.41) is 4.47. The second-order valence-corrected chi connectivity index (χ2v) is 13.8. The molecule has 2 aliphatic rings. The molecule has 0 aromatic heterocycles. The lowest BCUT2D eigenvalue weighted by Gasteiger charge is -2.31. The molecule has 2 heterocycles. The lowest BCUT2D eigenvalue weighted by Crippen LogP contribution is -2.26. The average molecular weight is 587 g/mol. The molecule has 0 saturated carbocycles. The molecule has 2 saturated heterocycles. The van der Waals surface area contributed by atoms with Gasteiger partial charge in [-0.05, 0) is 50.6 Å². The first-order valence-corrected chi connectivity index (χ1v) is 15.2. The van der Waals surface area contributed by atoms with E-state index in [-0.39, 0.29) is 23.2 Å². The van der Waals surface area contributed by atoms with Crippen LogP contribution in [0.1, 0.15) is 55.5 Å². The van der Waals surface area contributed by atoms with Gasteiger partial charge in [-0.2, -0.15) is 0 Å². The largest absolute Gasteiger partial charge is 0.489 e. The van der Waals surface area contributed by atoms with Crippen molar-refractivity contribution in [3.63, 3.8) is 0 Å². The highest BCUT2D eigenvalue weighted by Crippen LogP contribution is 2.36. The molecular weight excluding hydrogens is 548 g/mol. The van der Waals surface area contributed by atoms with Crippen molar-refractivity contribution >= 4 is 58.2 Å². The van der Waals surface area contributed by atoms with Gasteiger partial charge in [0.05, 0.1) is 13.2 Å². The number of hydrogen-bond acceptors (Lipinski definition) is 4. The lowest BCUT2D eigenvalue weighted by molar-refractivity contribution is 0.0394. The molecule has 0 N–H and O–H groups in total. The normalized spacial score (nSPS) is 18.9. The summed E-state index contributed by atoms with van der Waals surface area (Å²) in [5.41, 5.74) is 5.97. The predicted molar refractivity (Wildman–Crippen MR) is 171 cm³/mol. The Balaban J connectivity index is 1.36. The van der Waals surface area contributed by atoms with Gasteiger partial charge in [-0.15, -0.1) is 37.0 Å². The maximum Gasteiger partial charge on any atom is 0.181 e. The SMILES string of the molecule is CC(C)(c1ccc(C(C)(C)c2cc(P)c(OCC3CO3)c(P)c2)cc1)c1cc(P)c(COC2CO2)c(P)c1. The van der Waals surface area contributed by atoms with E-state index >= 15 is 0 Å². The third-order valence-corrected chi connectivity index (χ3v) is 9.66. The van der Waals surface area contributed by atoms with Crippen LogP contribution in [0.5, 0.6) is 5.75 Å². The van der Waals surface area contributed by atoms with Gasteiger partial charge in [0.25, 0.3) is 0 Å². The Kier molecular flexibility index (Phi) is 8.38. The minimum Gasteiger partial charge on any atom is -0.489 e. The molecule has 0 amide bonds. The number of benzene rings is 3. The summed E-state index contributed by atoms with van der Waals surface area (Å²) in [4.78, 5) is 0. The molecule has 3 aromatic carbocycles. The Morgan fingerprint density at radius 1 is 0.711 bits per heavy atom. The molecule has 0 radical (unpaired) electrons. The Hall–Kier alpha value is -0.940. The topological polar surface area (TPSA) is 43.5 Å². The number of hydrogen-bond donors (Lipinski definition) is 0.